The first-order chi connectivity index (χ1) is 8.25. The van der Waals surface area contributed by atoms with Crippen LogP contribution in [-0.4, -0.2) is 36.1 Å². The normalized spacial score (nSPS) is 16.4. The van der Waals surface area contributed by atoms with Gasteiger partial charge in [-0.15, -0.1) is 5.11 Å². The second-order valence-electron chi connectivity index (χ2n) is 3.67. The van der Waals surface area contributed by atoms with E-state index < -0.39 is 4.92 Å². The zero-order valence-electron chi connectivity index (χ0n) is 9.24. The van der Waals surface area contributed by atoms with E-state index in [-0.39, 0.29) is 5.69 Å². The number of nitrogens with zero attached hydrogens (tertiary/aromatic N) is 4. The van der Waals surface area contributed by atoms with Crippen molar-refractivity contribution in [1.82, 2.24) is 10.3 Å². The van der Waals surface area contributed by atoms with Crippen LogP contribution in [0.4, 0.5) is 11.4 Å². The molecule has 90 valence electrons. The summed E-state index contributed by atoms with van der Waals surface area (Å²) in [6.07, 6.45) is 0. The van der Waals surface area contributed by atoms with Gasteiger partial charge in [0, 0.05) is 25.2 Å². The van der Waals surface area contributed by atoms with Crippen LogP contribution in [0.2, 0.25) is 0 Å². The van der Waals surface area contributed by atoms with Gasteiger partial charge in [-0.3, -0.25) is 15.1 Å². The molecule has 1 aromatic rings. The number of benzene rings is 1. The monoisotopic (exact) mass is 235 g/mol. The maximum absolute atomic E-state index is 10.5. The summed E-state index contributed by atoms with van der Waals surface area (Å²) in [5.74, 6) is 0. The lowest BCUT2D eigenvalue weighted by Gasteiger charge is -2.22. The van der Waals surface area contributed by atoms with E-state index in [9.17, 15) is 10.1 Å². The lowest BCUT2D eigenvalue weighted by molar-refractivity contribution is -0.384. The summed E-state index contributed by atoms with van der Waals surface area (Å²) in [5, 5.41) is 23.6. The molecule has 1 aliphatic rings. The Morgan fingerprint density at radius 2 is 1.88 bits per heavy atom. The summed E-state index contributed by atoms with van der Waals surface area (Å²) in [6.45, 7) is 3.46. The molecule has 1 saturated heterocycles. The first-order valence-corrected chi connectivity index (χ1v) is 5.37. The molecule has 0 unspecified atom stereocenters. The molecule has 1 N–H and O–H groups in total. The first-order valence-electron chi connectivity index (χ1n) is 5.37. The predicted molar refractivity (Wildman–Crippen MR) is 62.1 cm³/mol. The smallest absolute Gasteiger partial charge is 0.269 e. The number of non-ortho nitro benzene ring substituents is 1. The van der Waals surface area contributed by atoms with Gasteiger partial charge in [0.05, 0.1) is 23.7 Å². The number of nitro groups is 1. The molecule has 1 aliphatic heterocycles. The summed E-state index contributed by atoms with van der Waals surface area (Å²) in [6, 6.07) is 6.02. The van der Waals surface area contributed by atoms with Gasteiger partial charge in [-0.25, -0.2) is 0 Å². The molecule has 0 atom stereocenters. The Hall–Kier alpha value is -2.02. The molecule has 1 heterocycles. The van der Waals surface area contributed by atoms with Crippen molar-refractivity contribution in [2.45, 2.75) is 0 Å². The molecular formula is C10H13N5O2. The van der Waals surface area contributed by atoms with Crippen LogP contribution in [0.5, 0.6) is 0 Å². The van der Waals surface area contributed by atoms with Crippen molar-refractivity contribution in [2.75, 3.05) is 26.2 Å². The average molecular weight is 235 g/mol. The third-order valence-electron chi connectivity index (χ3n) is 2.44. The van der Waals surface area contributed by atoms with Gasteiger partial charge < -0.3 is 5.32 Å². The van der Waals surface area contributed by atoms with Crippen molar-refractivity contribution in [3.63, 3.8) is 0 Å². The molecule has 7 heteroatoms. The number of nitrogens with one attached hydrogen (secondary N) is 1. The van der Waals surface area contributed by atoms with Crippen LogP contribution in [0.25, 0.3) is 0 Å². The summed E-state index contributed by atoms with van der Waals surface area (Å²) in [7, 11) is 0. The predicted octanol–water partition coefficient (Wildman–Crippen LogP) is 1.50. The zero-order valence-corrected chi connectivity index (χ0v) is 9.24. The lowest BCUT2D eigenvalue weighted by Crippen LogP contribution is -2.40. The van der Waals surface area contributed by atoms with Crippen molar-refractivity contribution in [1.29, 1.82) is 0 Å². The van der Waals surface area contributed by atoms with Crippen LogP contribution in [-0.2, 0) is 0 Å². The van der Waals surface area contributed by atoms with E-state index in [4.69, 9.17) is 0 Å². The van der Waals surface area contributed by atoms with E-state index in [1.54, 1.807) is 12.1 Å². The Morgan fingerprint density at radius 3 is 2.47 bits per heavy atom. The Balaban J connectivity index is 1.98. The van der Waals surface area contributed by atoms with Crippen molar-refractivity contribution in [3.05, 3.63) is 34.4 Å². The van der Waals surface area contributed by atoms with Gasteiger partial charge in [-0.1, -0.05) is 5.22 Å². The van der Waals surface area contributed by atoms with Crippen molar-refractivity contribution in [2.24, 2.45) is 10.3 Å². The van der Waals surface area contributed by atoms with Crippen LogP contribution in [0.1, 0.15) is 0 Å². The molecule has 0 spiro atoms. The summed E-state index contributed by atoms with van der Waals surface area (Å²) in [5.41, 5.74) is 0.681. The number of hydrogen-bond acceptors (Lipinski definition) is 5. The average Bonchev–Trinajstić information content (AvgIpc) is 2.38. The maximum Gasteiger partial charge on any atom is 0.269 e. The highest BCUT2D eigenvalue weighted by molar-refractivity contribution is 5.43. The van der Waals surface area contributed by atoms with Crippen molar-refractivity contribution in [3.8, 4) is 0 Å². The molecule has 0 radical (unpaired) electrons. The molecule has 0 saturated carbocycles. The second kappa shape index (κ2) is 5.35. The van der Waals surface area contributed by atoms with E-state index in [0.29, 0.717) is 5.69 Å². The minimum atomic E-state index is -0.433. The molecular weight excluding hydrogens is 222 g/mol. The fourth-order valence-corrected chi connectivity index (χ4v) is 1.50. The van der Waals surface area contributed by atoms with Gasteiger partial charge in [0.25, 0.3) is 5.69 Å². The number of rotatable bonds is 3. The standard InChI is InChI=1S/C10H13N5O2/c16-15(17)10-3-1-9(2-4-10)12-13-14-7-5-11-6-8-14/h1-4,11H,5-8H2/b13-12+. The SMILES string of the molecule is O=[N+]([O-])c1ccc(/N=N/N2CCNCC2)cc1. The van der Waals surface area contributed by atoms with Crippen LogP contribution in [0.15, 0.2) is 34.6 Å². The third kappa shape index (κ3) is 3.22. The molecule has 7 nitrogen and oxygen atoms in total. The fourth-order valence-electron chi connectivity index (χ4n) is 1.50. The molecule has 0 bridgehead atoms. The summed E-state index contributed by atoms with van der Waals surface area (Å²) >= 11 is 0. The molecule has 2 rings (SSSR count). The molecule has 0 aliphatic carbocycles. The molecule has 1 aromatic carbocycles. The van der Waals surface area contributed by atoms with Gasteiger partial charge >= 0.3 is 0 Å². The molecule has 1 fully saturated rings. The highest BCUT2D eigenvalue weighted by Crippen LogP contribution is 2.18. The van der Waals surface area contributed by atoms with Crippen molar-refractivity contribution >= 4 is 11.4 Å². The highest BCUT2D eigenvalue weighted by atomic mass is 16.6. The Kier molecular flexibility index (Phi) is 3.61. The summed E-state index contributed by atoms with van der Waals surface area (Å²) < 4.78 is 0. The summed E-state index contributed by atoms with van der Waals surface area (Å²) in [4.78, 5) is 10.0. The van der Waals surface area contributed by atoms with Gasteiger partial charge in [0.1, 0.15) is 0 Å². The highest BCUT2D eigenvalue weighted by Gasteiger charge is 2.06. The minimum absolute atomic E-state index is 0.0612. The largest absolute Gasteiger partial charge is 0.313 e. The van der Waals surface area contributed by atoms with E-state index in [1.165, 1.54) is 12.1 Å². The number of hydrogen-bond donors (Lipinski definition) is 1. The maximum atomic E-state index is 10.5. The van der Waals surface area contributed by atoms with E-state index in [1.807, 2.05) is 5.01 Å². The minimum Gasteiger partial charge on any atom is -0.313 e. The second-order valence-corrected chi connectivity index (χ2v) is 3.67. The van der Waals surface area contributed by atoms with E-state index >= 15 is 0 Å². The van der Waals surface area contributed by atoms with Crippen molar-refractivity contribution < 1.29 is 4.92 Å². The van der Waals surface area contributed by atoms with Gasteiger partial charge in [-0.05, 0) is 12.1 Å². The quantitative estimate of drug-likeness (QED) is 0.489. The van der Waals surface area contributed by atoms with Gasteiger partial charge in [0.15, 0.2) is 0 Å². The Morgan fingerprint density at radius 1 is 1.24 bits per heavy atom. The van der Waals surface area contributed by atoms with Crippen LogP contribution >= 0.6 is 0 Å². The topological polar surface area (TPSA) is 83.1 Å². The number of nitro benzene ring substituents is 1. The van der Waals surface area contributed by atoms with Gasteiger partial charge in [-0.2, -0.15) is 0 Å². The number of piperazine rings is 1. The van der Waals surface area contributed by atoms with Gasteiger partial charge in [0.2, 0.25) is 0 Å². The van der Waals surface area contributed by atoms with E-state index in [0.717, 1.165) is 26.2 Å². The molecule has 0 aromatic heterocycles. The van der Waals surface area contributed by atoms with Crippen LogP contribution < -0.4 is 5.32 Å². The third-order valence-corrected chi connectivity index (χ3v) is 2.44. The van der Waals surface area contributed by atoms with Crippen LogP contribution in [0.3, 0.4) is 0 Å². The first kappa shape index (κ1) is 11.5. The molecule has 17 heavy (non-hydrogen) atoms. The van der Waals surface area contributed by atoms with Crippen LogP contribution in [0, 0.1) is 10.1 Å². The Bertz CT molecular complexity index is 411. The van der Waals surface area contributed by atoms with E-state index in [2.05, 4.69) is 15.7 Å². The zero-order chi connectivity index (χ0) is 12.1. The Labute approximate surface area is 98.3 Å². The lowest BCUT2D eigenvalue weighted by atomic mass is 10.3. The molecule has 0 amide bonds. The fraction of sp³-hybridized carbons (Fsp3) is 0.400.